The van der Waals surface area contributed by atoms with E-state index < -0.39 is 0 Å². The van der Waals surface area contributed by atoms with Crippen molar-refractivity contribution in [3.05, 3.63) is 0 Å². The van der Waals surface area contributed by atoms with Crippen LogP contribution in [0.1, 0.15) is 45.4 Å². The molecule has 0 aromatic heterocycles. The molecule has 1 aliphatic carbocycles. The van der Waals surface area contributed by atoms with E-state index in [1.807, 2.05) is 0 Å². The maximum absolute atomic E-state index is 3.53. The minimum Gasteiger partial charge on any atom is -0.316 e. The Morgan fingerprint density at radius 1 is 1.23 bits per heavy atom. The molecule has 2 fully saturated rings. The van der Waals surface area contributed by atoms with Gasteiger partial charge in [-0.15, -0.1) is 0 Å². The maximum atomic E-state index is 3.53. The van der Waals surface area contributed by atoms with Crippen LogP contribution in [0.5, 0.6) is 0 Å². The molecule has 0 unspecified atom stereocenters. The standard InChI is InChI=1S/C12H23N/c1-2-3-4-10-7-11-5-6-13-9-12(11)8-10/h10-13H,2-9H2,1H3/t10-,11+,12+/m1/s1. The number of rotatable bonds is 3. The maximum Gasteiger partial charge on any atom is -0.00178 e. The van der Waals surface area contributed by atoms with Crippen molar-refractivity contribution in [2.75, 3.05) is 13.1 Å². The number of hydrogen-bond donors (Lipinski definition) is 1. The first kappa shape index (κ1) is 9.51. The van der Waals surface area contributed by atoms with Crippen LogP contribution in [0.25, 0.3) is 0 Å². The van der Waals surface area contributed by atoms with Crippen LogP contribution in [0.3, 0.4) is 0 Å². The number of hydrogen-bond acceptors (Lipinski definition) is 1. The normalized spacial score (nSPS) is 39.0. The van der Waals surface area contributed by atoms with Crippen LogP contribution in [0.2, 0.25) is 0 Å². The SMILES string of the molecule is CCCC[C@H]1C[C@H]2CNCC[C@H]2C1. The van der Waals surface area contributed by atoms with Crippen molar-refractivity contribution in [3.63, 3.8) is 0 Å². The van der Waals surface area contributed by atoms with Crippen LogP contribution in [0, 0.1) is 17.8 Å². The van der Waals surface area contributed by atoms with E-state index in [0.717, 1.165) is 17.8 Å². The van der Waals surface area contributed by atoms with Gasteiger partial charge in [0, 0.05) is 0 Å². The molecular weight excluding hydrogens is 158 g/mol. The molecule has 0 spiro atoms. The van der Waals surface area contributed by atoms with Crippen molar-refractivity contribution < 1.29 is 0 Å². The lowest BCUT2D eigenvalue weighted by Gasteiger charge is -2.25. The van der Waals surface area contributed by atoms with Crippen molar-refractivity contribution in [1.29, 1.82) is 0 Å². The van der Waals surface area contributed by atoms with Gasteiger partial charge in [0.1, 0.15) is 0 Å². The first-order valence-electron chi connectivity index (χ1n) is 6.11. The Morgan fingerprint density at radius 3 is 2.85 bits per heavy atom. The highest BCUT2D eigenvalue weighted by Gasteiger charge is 2.34. The van der Waals surface area contributed by atoms with Crippen LogP contribution in [0.15, 0.2) is 0 Å². The third-order valence-electron chi connectivity index (χ3n) is 4.00. The van der Waals surface area contributed by atoms with Gasteiger partial charge in [0.05, 0.1) is 0 Å². The van der Waals surface area contributed by atoms with Gasteiger partial charge in [-0.1, -0.05) is 26.2 Å². The molecule has 3 atom stereocenters. The molecule has 1 heterocycles. The van der Waals surface area contributed by atoms with Crippen molar-refractivity contribution in [2.24, 2.45) is 17.8 Å². The van der Waals surface area contributed by atoms with Gasteiger partial charge in [0.2, 0.25) is 0 Å². The topological polar surface area (TPSA) is 12.0 Å². The molecule has 1 saturated carbocycles. The second-order valence-corrected chi connectivity index (χ2v) is 4.99. The summed E-state index contributed by atoms with van der Waals surface area (Å²) in [5, 5.41) is 3.53. The van der Waals surface area contributed by atoms with Crippen molar-refractivity contribution >= 4 is 0 Å². The van der Waals surface area contributed by atoms with Crippen LogP contribution < -0.4 is 5.32 Å². The van der Waals surface area contributed by atoms with Gasteiger partial charge in [0.25, 0.3) is 0 Å². The van der Waals surface area contributed by atoms with Crippen LogP contribution in [0.4, 0.5) is 0 Å². The molecule has 2 rings (SSSR count). The largest absolute Gasteiger partial charge is 0.316 e. The third-order valence-corrected chi connectivity index (χ3v) is 4.00. The average molecular weight is 181 g/mol. The van der Waals surface area contributed by atoms with Crippen molar-refractivity contribution in [1.82, 2.24) is 5.32 Å². The number of nitrogens with one attached hydrogen (secondary N) is 1. The number of piperidine rings is 1. The number of fused-ring (bicyclic) bond motifs is 1. The summed E-state index contributed by atoms with van der Waals surface area (Å²) in [5.74, 6) is 3.20. The van der Waals surface area contributed by atoms with Gasteiger partial charge in [-0.05, 0) is 50.1 Å². The predicted octanol–water partition coefficient (Wildman–Crippen LogP) is 2.81. The molecule has 1 heteroatoms. The summed E-state index contributed by atoms with van der Waals surface area (Å²) in [6.45, 7) is 4.90. The fourth-order valence-corrected chi connectivity index (χ4v) is 3.24. The summed E-state index contributed by atoms with van der Waals surface area (Å²) < 4.78 is 0. The lowest BCUT2D eigenvalue weighted by Crippen LogP contribution is -2.33. The molecule has 1 aliphatic heterocycles. The Hall–Kier alpha value is -0.0400. The zero-order valence-electron chi connectivity index (χ0n) is 8.89. The Labute approximate surface area is 82.3 Å². The summed E-state index contributed by atoms with van der Waals surface area (Å²) in [6, 6.07) is 0. The average Bonchev–Trinajstić information content (AvgIpc) is 2.57. The van der Waals surface area contributed by atoms with Gasteiger partial charge < -0.3 is 5.32 Å². The predicted molar refractivity (Wildman–Crippen MR) is 56.7 cm³/mol. The molecule has 2 aliphatic rings. The highest BCUT2D eigenvalue weighted by Crippen LogP contribution is 2.41. The fraction of sp³-hybridized carbons (Fsp3) is 1.00. The van der Waals surface area contributed by atoms with Crippen molar-refractivity contribution in [2.45, 2.75) is 45.4 Å². The molecule has 0 aromatic carbocycles. The van der Waals surface area contributed by atoms with E-state index in [0.29, 0.717) is 0 Å². The van der Waals surface area contributed by atoms with Gasteiger partial charge in [-0.25, -0.2) is 0 Å². The second-order valence-electron chi connectivity index (χ2n) is 4.99. The van der Waals surface area contributed by atoms with Gasteiger partial charge >= 0.3 is 0 Å². The fourth-order valence-electron chi connectivity index (χ4n) is 3.24. The Bertz CT molecular complexity index is 141. The van der Waals surface area contributed by atoms with Crippen molar-refractivity contribution in [3.8, 4) is 0 Å². The molecule has 1 N–H and O–H groups in total. The first-order valence-corrected chi connectivity index (χ1v) is 6.11. The van der Waals surface area contributed by atoms with Gasteiger partial charge in [-0.3, -0.25) is 0 Å². The Balaban J connectivity index is 1.77. The first-order chi connectivity index (χ1) is 6.40. The summed E-state index contributed by atoms with van der Waals surface area (Å²) in [7, 11) is 0. The molecule has 0 radical (unpaired) electrons. The molecule has 1 saturated heterocycles. The molecule has 1 nitrogen and oxygen atoms in total. The molecule has 0 aromatic rings. The summed E-state index contributed by atoms with van der Waals surface area (Å²) in [5.41, 5.74) is 0. The molecule has 0 amide bonds. The van der Waals surface area contributed by atoms with E-state index in [4.69, 9.17) is 0 Å². The Morgan fingerprint density at radius 2 is 2.08 bits per heavy atom. The zero-order chi connectivity index (χ0) is 9.10. The van der Waals surface area contributed by atoms with Crippen LogP contribution >= 0.6 is 0 Å². The highest BCUT2D eigenvalue weighted by molar-refractivity contribution is 4.87. The lowest BCUT2D eigenvalue weighted by atomic mass is 9.90. The summed E-state index contributed by atoms with van der Waals surface area (Å²) in [6.07, 6.45) is 8.86. The van der Waals surface area contributed by atoms with Gasteiger partial charge in [-0.2, -0.15) is 0 Å². The zero-order valence-corrected chi connectivity index (χ0v) is 8.89. The minimum atomic E-state index is 1.04. The summed E-state index contributed by atoms with van der Waals surface area (Å²) in [4.78, 5) is 0. The smallest absolute Gasteiger partial charge is 0.00178 e. The number of unbranched alkanes of at least 4 members (excludes halogenated alkanes) is 1. The molecular formula is C12H23N. The highest BCUT2D eigenvalue weighted by atomic mass is 14.9. The molecule has 13 heavy (non-hydrogen) atoms. The minimum absolute atomic E-state index is 1.04. The van der Waals surface area contributed by atoms with E-state index >= 15 is 0 Å². The van der Waals surface area contributed by atoms with Crippen LogP contribution in [-0.2, 0) is 0 Å². The third kappa shape index (κ3) is 2.25. The van der Waals surface area contributed by atoms with E-state index in [1.165, 1.54) is 45.2 Å². The Kier molecular flexibility index (Phi) is 3.26. The van der Waals surface area contributed by atoms with Gasteiger partial charge in [0.15, 0.2) is 0 Å². The van der Waals surface area contributed by atoms with E-state index in [-0.39, 0.29) is 0 Å². The second kappa shape index (κ2) is 4.45. The monoisotopic (exact) mass is 181 g/mol. The summed E-state index contributed by atoms with van der Waals surface area (Å²) >= 11 is 0. The molecule has 76 valence electrons. The van der Waals surface area contributed by atoms with E-state index in [2.05, 4.69) is 12.2 Å². The quantitative estimate of drug-likeness (QED) is 0.706. The lowest BCUT2D eigenvalue weighted by molar-refractivity contribution is 0.295. The molecule has 0 bridgehead atoms. The van der Waals surface area contributed by atoms with Crippen LogP contribution in [-0.4, -0.2) is 13.1 Å². The van der Waals surface area contributed by atoms with E-state index in [1.54, 1.807) is 6.42 Å². The van der Waals surface area contributed by atoms with E-state index in [9.17, 15) is 0 Å².